The van der Waals surface area contributed by atoms with Crippen LogP contribution in [0.4, 0.5) is 0 Å². The van der Waals surface area contributed by atoms with Crippen molar-refractivity contribution in [3.8, 4) is 40.4 Å². The quantitative estimate of drug-likeness (QED) is 0.322. The van der Waals surface area contributed by atoms with E-state index in [0.29, 0.717) is 0 Å². The Morgan fingerprint density at radius 1 is 0.619 bits per heavy atom. The van der Waals surface area contributed by atoms with Crippen LogP contribution in [0.25, 0.3) is 0 Å². The number of pyridine rings is 1. The maximum Gasteiger partial charge on any atom is 0.345 e. The highest BCUT2D eigenvalue weighted by Gasteiger charge is 2.31. The molecule has 1 aliphatic carbocycles. The number of ether oxygens (including phenoxy) is 8. The number of esters is 2. The number of ketones is 2. The lowest BCUT2D eigenvalue weighted by molar-refractivity contribution is 0.0583. The predicted molar refractivity (Wildman–Crippen MR) is 144 cm³/mol. The summed E-state index contributed by atoms with van der Waals surface area (Å²) in [5.74, 6) is -2.73. The highest BCUT2D eigenvalue weighted by molar-refractivity contribution is 6.23. The van der Waals surface area contributed by atoms with Crippen LogP contribution in [0.2, 0.25) is 0 Å². The molecular weight excluding hydrogens is 554 g/mol. The summed E-state index contributed by atoms with van der Waals surface area (Å²) >= 11 is 0. The van der Waals surface area contributed by atoms with Gasteiger partial charge in [-0.15, -0.1) is 0 Å². The lowest BCUT2D eigenvalue weighted by Gasteiger charge is -2.16. The Morgan fingerprint density at radius 3 is 1.50 bits per heavy atom. The van der Waals surface area contributed by atoms with Gasteiger partial charge in [0.2, 0.25) is 28.9 Å². The number of carbonyl (C=O) groups excluding carboxylic acids is 4. The van der Waals surface area contributed by atoms with Crippen LogP contribution >= 0.6 is 0 Å². The second-order valence-electron chi connectivity index (χ2n) is 8.35. The molecule has 0 atom stereocenters. The van der Waals surface area contributed by atoms with Gasteiger partial charge in [0.25, 0.3) is 0 Å². The fourth-order valence-corrected chi connectivity index (χ4v) is 4.04. The van der Waals surface area contributed by atoms with E-state index < -0.39 is 29.3 Å². The topological polar surface area (TPSA) is 155 Å². The van der Waals surface area contributed by atoms with Crippen molar-refractivity contribution in [3.63, 3.8) is 0 Å². The van der Waals surface area contributed by atoms with E-state index in [-0.39, 0.29) is 62.8 Å². The summed E-state index contributed by atoms with van der Waals surface area (Å²) in [4.78, 5) is 55.7. The molecule has 1 heterocycles. The standard InChI is InChI=1S/C29H25NO12/c1-35-19-9-14(10-20(36-2)26(19)39-5)28(33)41-18-13-17(31)24-16(25(18)32)7-8-23(30-24)42-29(34)15-11-21(37-3)27(40-6)22(12-15)38-4/h7-13H,1-6H3. The van der Waals surface area contributed by atoms with Gasteiger partial charge in [-0.05, 0) is 30.3 Å². The van der Waals surface area contributed by atoms with Gasteiger partial charge in [-0.3, -0.25) is 9.59 Å². The highest BCUT2D eigenvalue weighted by atomic mass is 16.6. The van der Waals surface area contributed by atoms with Crippen molar-refractivity contribution >= 4 is 23.5 Å². The predicted octanol–water partition coefficient (Wildman–Crippen LogP) is 3.47. The van der Waals surface area contributed by atoms with Crippen LogP contribution in [0, 0.1) is 0 Å². The number of benzene rings is 2. The number of nitrogens with zero attached hydrogens (tertiary/aromatic N) is 1. The first-order valence-corrected chi connectivity index (χ1v) is 12.1. The van der Waals surface area contributed by atoms with Crippen LogP contribution in [0.5, 0.6) is 40.4 Å². The van der Waals surface area contributed by atoms with Crippen molar-refractivity contribution in [2.75, 3.05) is 42.7 Å². The van der Waals surface area contributed by atoms with Gasteiger partial charge in [0.1, 0.15) is 5.69 Å². The molecule has 13 nitrogen and oxygen atoms in total. The average molecular weight is 580 g/mol. The molecule has 3 aromatic rings. The Bertz CT molecular complexity index is 1570. The van der Waals surface area contributed by atoms with Crippen LogP contribution < -0.4 is 33.2 Å². The molecule has 2 aromatic carbocycles. The van der Waals surface area contributed by atoms with Gasteiger partial charge in [-0.2, -0.15) is 0 Å². The molecule has 0 spiro atoms. The van der Waals surface area contributed by atoms with E-state index in [0.717, 1.165) is 6.08 Å². The van der Waals surface area contributed by atoms with E-state index >= 15 is 0 Å². The van der Waals surface area contributed by atoms with Crippen molar-refractivity contribution in [2.45, 2.75) is 0 Å². The normalized spacial score (nSPS) is 12.0. The molecule has 0 bridgehead atoms. The van der Waals surface area contributed by atoms with Gasteiger partial charge in [-0.25, -0.2) is 14.6 Å². The van der Waals surface area contributed by atoms with Crippen molar-refractivity contribution < 1.29 is 57.1 Å². The second kappa shape index (κ2) is 12.3. The Morgan fingerprint density at radius 2 is 1.07 bits per heavy atom. The molecule has 0 aliphatic heterocycles. The fraction of sp³-hybridized carbons (Fsp3) is 0.207. The lowest BCUT2D eigenvalue weighted by Crippen LogP contribution is -2.22. The molecular formula is C29H25NO12. The first-order valence-electron chi connectivity index (χ1n) is 12.1. The minimum atomic E-state index is -0.950. The number of allylic oxidation sites excluding steroid dienone is 2. The van der Waals surface area contributed by atoms with Gasteiger partial charge >= 0.3 is 11.9 Å². The van der Waals surface area contributed by atoms with Gasteiger partial charge in [0.05, 0.1) is 59.3 Å². The molecule has 4 rings (SSSR count). The summed E-state index contributed by atoms with van der Waals surface area (Å²) < 4.78 is 42.0. The molecule has 1 aromatic heterocycles. The number of rotatable bonds is 10. The third-order valence-electron chi connectivity index (χ3n) is 6.03. The van der Waals surface area contributed by atoms with Crippen molar-refractivity contribution in [1.29, 1.82) is 0 Å². The van der Waals surface area contributed by atoms with E-state index in [1.807, 2.05) is 0 Å². The summed E-state index contributed by atoms with van der Waals surface area (Å²) in [6.07, 6.45) is 0.832. The molecule has 0 amide bonds. The summed E-state index contributed by atoms with van der Waals surface area (Å²) in [5.41, 5.74) is -0.415. The van der Waals surface area contributed by atoms with Gasteiger partial charge in [0, 0.05) is 12.1 Å². The molecule has 218 valence electrons. The number of aromatic nitrogens is 1. The average Bonchev–Trinajstić information content (AvgIpc) is 3.01. The molecule has 0 radical (unpaired) electrons. The molecule has 1 aliphatic rings. The number of hydrogen-bond acceptors (Lipinski definition) is 13. The number of hydrogen-bond donors (Lipinski definition) is 0. The summed E-state index contributed by atoms with van der Waals surface area (Å²) in [7, 11) is 8.35. The molecule has 0 N–H and O–H groups in total. The van der Waals surface area contributed by atoms with Crippen LogP contribution in [0.3, 0.4) is 0 Å². The minimum Gasteiger partial charge on any atom is -0.493 e. The molecule has 0 saturated carbocycles. The smallest absolute Gasteiger partial charge is 0.345 e. The minimum absolute atomic E-state index is 0.0244. The summed E-state index contributed by atoms with van der Waals surface area (Å²) in [5, 5.41) is 0. The number of Topliss-reactive ketones (excluding diaryl/α,β-unsaturated/α-hetero) is 1. The maximum absolute atomic E-state index is 13.1. The van der Waals surface area contributed by atoms with Crippen LogP contribution in [0.15, 0.2) is 48.2 Å². The third kappa shape index (κ3) is 5.52. The number of methoxy groups -OCH3 is 6. The highest BCUT2D eigenvalue weighted by Crippen LogP contribution is 2.39. The number of fused-ring (bicyclic) bond motifs is 1. The Hall–Kier alpha value is -5.59. The molecule has 13 heteroatoms. The van der Waals surface area contributed by atoms with E-state index in [9.17, 15) is 19.2 Å². The Balaban J connectivity index is 1.56. The van der Waals surface area contributed by atoms with E-state index in [2.05, 4.69) is 4.98 Å². The van der Waals surface area contributed by atoms with Crippen molar-refractivity contribution in [3.05, 3.63) is 70.6 Å². The van der Waals surface area contributed by atoms with Gasteiger partial charge in [-0.1, -0.05) is 0 Å². The SMILES string of the molecule is COc1cc(C(=O)OC2=CC(=O)c3nc(OC(=O)c4cc(OC)c(OC)c(OC)c4)ccc3C2=O)cc(OC)c1OC. The van der Waals surface area contributed by atoms with Gasteiger partial charge in [0.15, 0.2) is 28.8 Å². The van der Waals surface area contributed by atoms with Crippen LogP contribution in [-0.4, -0.2) is 71.1 Å². The van der Waals surface area contributed by atoms with E-state index in [1.165, 1.54) is 79.1 Å². The van der Waals surface area contributed by atoms with Crippen LogP contribution in [-0.2, 0) is 4.74 Å². The van der Waals surface area contributed by atoms with Crippen molar-refractivity contribution in [2.24, 2.45) is 0 Å². The van der Waals surface area contributed by atoms with Crippen molar-refractivity contribution in [1.82, 2.24) is 4.98 Å². The summed E-state index contributed by atoms with van der Waals surface area (Å²) in [6, 6.07) is 7.90. The zero-order chi connectivity index (χ0) is 30.6. The largest absolute Gasteiger partial charge is 0.493 e. The molecule has 0 unspecified atom stereocenters. The maximum atomic E-state index is 13.1. The number of carbonyl (C=O) groups is 4. The molecule has 0 saturated heterocycles. The van der Waals surface area contributed by atoms with E-state index in [1.54, 1.807) is 0 Å². The van der Waals surface area contributed by atoms with Gasteiger partial charge < -0.3 is 37.9 Å². The fourth-order valence-electron chi connectivity index (χ4n) is 4.04. The first kappa shape index (κ1) is 29.4. The van der Waals surface area contributed by atoms with Crippen LogP contribution in [0.1, 0.15) is 41.6 Å². The Kier molecular flexibility index (Phi) is 8.60. The first-order chi connectivity index (χ1) is 20.2. The monoisotopic (exact) mass is 579 g/mol. The molecule has 42 heavy (non-hydrogen) atoms. The van der Waals surface area contributed by atoms with E-state index in [4.69, 9.17) is 37.9 Å². The zero-order valence-corrected chi connectivity index (χ0v) is 23.4. The zero-order valence-electron chi connectivity index (χ0n) is 23.4. The third-order valence-corrected chi connectivity index (χ3v) is 6.03. The lowest BCUT2D eigenvalue weighted by atomic mass is 9.98. The Labute approximate surface area is 239 Å². The summed E-state index contributed by atoms with van der Waals surface area (Å²) in [6.45, 7) is 0. The second-order valence-corrected chi connectivity index (χ2v) is 8.35. The molecule has 0 fully saturated rings.